The van der Waals surface area contributed by atoms with Crippen molar-refractivity contribution in [1.29, 1.82) is 0 Å². The van der Waals surface area contributed by atoms with Gasteiger partial charge in [0.25, 0.3) is 0 Å². The molecule has 116 valence electrons. The molecule has 1 aliphatic heterocycles. The van der Waals surface area contributed by atoms with Crippen molar-refractivity contribution in [2.75, 3.05) is 13.7 Å². The molecule has 2 rings (SSSR count). The maximum atomic E-state index is 11.4. The van der Waals surface area contributed by atoms with Crippen LogP contribution in [0, 0.1) is 0 Å². The Labute approximate surface area is 126 Å². The van der Waals surface area contributed by atoms with Crippen molar-refractivity contribution in [1.82, 2.24) is 4.90 Å². The van der Waals surface area contributed by atoms with Crippen LogP contribution in [0.5, 0.6) is 5.75 Å². The van der Waals surface area contributed by atoms with Crippen LogP contribution >= 0.6 is 0 Å². The third-order valence-electron chi connectivity index (χ3n) is 4.20. The molecule has 1 saturated heterocycles. The van der Waals surface area contributed by atoms with E-state index in [1.54, 1.807) is 7.11 Å². The maximum Gasteiger partial charge on any atom is 0.320 e. The summed E-state index contributed by atoms with van der Waals surface area (Å²) in [6.07, 6.45) is 2.84. The molecule has 0 radical (unpaired) electrons. The van der Waals surface area contributed by atoms with Gasteiger partial charge < -0.3 is 9.84 Å². The summed E-state index contributed by atoms with van der Waals surface area (Å²) in [5.74, 6) is 0.589. The molecule has 0 aromatic heterocycles. The highest BCUT2D eigenvalue weighted by atomic mass is 16.5. The maximum absolute atomic E-state index is 11.4. The highest BCUT2D eigenvalue weighted by molar-refractivity contribution is 5.73. The average Bonchev–Trinajstić information content (AvgIpc) is 2.47. The minimum absolute atomic E-state index is 0.344. The van der Waals surface area contributed by atoms with Crippen molar-refractivity contribution in [3.05, 3.63) is 29.3 Å². The predicted octanol–water partition coefficient (Wildman–Crippen LogP) is 3.26. The molecule has 4 nitrogen and oxygen atoms in total. The molecule has 0 spiro atoms. The van der Waals surface area contributed by atoms with E-state index < -0.39 is 5.97 Å². The molecule has 0 aliphatic carbocycles. The molecule has 0 saturated carbocycles. The largest absolute Gasteiger partial charge is 0.496 e. The fraction of sp³-hybridized carbons (Fsp3) is 0.588. The molecule has 1 atom stereocenters. The van der Waals surface area contributed by atoms with Gasteiger partial charge in [-0.2, -0.15) is 0 Å². The molecular weight excluding hydrogens is 266 g/mol. The number of rotatable bonds is 5. The van der Waals surface area contributed by atoms with E-state index in [4.69, 9.17) is 4.74 Å². The number of ether oxygens (including phenoxy) is 1. The molecule has 4 heteroatoms. The first-order chi connectivity index (χ1) is 10.0. The van der Waals surface area contributed by atoms with E-state index in [9.17, 15) is 9.90 Å². The topological polar surface area (TPSA) is 49.8 Å². The monoisotopic (exact) mass is 291 g/mol. The van der Waals surface area contributed by atoms with Crippen molar-refractivity contribution in [3.63, 3.8) is 0 Å². The van der Waals surface area contributed by atoms with Crippen LogP contribution in [0.25, 0.3) is 0 Å². The van der Waals surface area contributed by atoms with Gasteiger partial charge in [0.2, 0.25) is 0 Å². The number of methoxy groups -OCH3 is 1. The van der Waals surface area contributed by atoms with Crippen LogP contribution in [0.4, 0.5) is 0 Å². The second-order valence-corrected chi connectivity index (χ2v) is 6.05. The zero-order valence-electron chi connectivity index (χ0n) is 13.1. The van der Waals surface area contributed by atoms with Gasteiger partial charge in [0.05, 0.1) is 7.11 Å². The Morgan fingerprint density at radius 1 is 1.43 bits per heavy atom. The molecular formula is C17H25NO3. The van der Waals surface area contributed by atoms with Gasteiger partial charge in [-0.1, -0.05) is 32.4 Å². The lowest BCUT2D eigenvalue weighted by Gasteiger charge is -2.33. The first-order valence-electron chi connectivity index (χ1n) is 7.66. The molecule has 1 unspecified atom stereocenters. The van der Waals surface area contributed by atoms with E-state index in [2.05, 4.69) is 24.8 Å². The Morgan fingerprint density at radius 3 is 2.81 bits per heavy atom. The number of carboxylic acids is 1. The standard InChI is InChI=1S/C17H25NO3/c1-12(2)14-10-13(7-8-16(14)21-3)11-18-9-5-4-6-15(18)17(19)20/h7-8,10,12,15H,4-6,9,11H2,1-3H3,(H,19,20). The third kappa shape index (κ3) is 3.76. The van der Waals surface area contributed by atoms with Crippen molar-refractivity contribution < 1.29 is 14.6 Å². The normalized spacial score (nSPS) is 19.7. The first kappa shape index (κ1) is 15.8. The van der Waals surface area contributed by atoms with Crippen LogP contribution in [0.2, 0.25) is 0 Å². The summed E-state index contributed by atoms with van der Waals surface area (Å²) < 4.78 is 5.40. The average molecular weight is 291 g/mol. The van der Waals surface area contributed by atoms with E-state index >= 15 is 0 Å². The van der Waals surface area contributed by atoms with Gasteiger partial charge >= 0.3 is 5.97 Å². The minimum atomic E-state index is -0.702. The van der Waals surface area contributed by atoms with Crippen LogP contribution in [-0.2, 0) is 11.3 Å². The van der Waals surface area contributed by atoms with Crippen LogP contribution in [-0.4, -0.2) is 35.7 Å². The van der Waals surface area contributed by atoms with E-state index in [1.807, 2.05) is 12.1 Å². The molecule has 0 amide bonds. The fourth-order valence-corrected chi connectivity index (χ4v) is 3.03. The van der Waals surface area contributed by atoms with Gasteiger partial charge in [-0.25, -0.2) is 0 Å². The molecule has 21 heavy (non-hydrogen) atoms. The highest BCUT2D eigenvalue weighted by Gasteiger charge is 2.28. The van der Waals surface area contributed by atoms with Crippen molar-refractivity contribution >= 4 is 5.97 Å². The summed E-state index contributed by atoms with van der Waals surface area (Å²) >= 11 is 0. The smallest absolute Gasteiger partial charge is 0.320 e. The first-order valence-corrected chi connectivity index (χ1v) is 7.66. The summed E-state index contributed by atoms with van der Waals surface area (Å²) in [6.45, 7) is 5.84. The number of piperidine rings is 1. The van der Waals surface area contributed by atoms with Gasteiger partial charge in [0.1, 0.15) is 11.8 Å². The lowest BCUT2D eigenvalue weighted by atomic mass is 9.97. The Kier molecular flexibility index (Phi) is 5.23. The van der Waals surface area contributed by atoms with Crippen molar-refractivity contribution in [2.45, 2.75) is 51.6 Å². The Hall–Kier alpha value is -1.55. The van der Waals surface area contributed by atoms with E-state index in [0.29, 0.717) is 12.5 Å². The summed E-state index contributed by atoms with van der Waals surface area (Å²) in [7, 11) is 1.69. The van der Waals surface area contributed by atoms with E-state index in [-0.39, 0.29) is 6.04 Å². The van der Waals surface area contributed by atoms with Gasteiger partial charge in [0, 0.05) is 6.54 Å². The van der Waals surface area contributed by atoms with Crippen LogP contribution in [0.1, 0.15) is 50.2 Å². The summed E-state index contributed by atoms with van der Waals surface area (Å²) in [5, 5.41) is 9.35. The second-order valence-electron chi connectivity index (χ2n) is 6.05. The van der Waals surface area contributed by atoms with Gasteiger partial charge in [-0.15, -0.1) is 0 Å². The molecule has 1 N–H and O–H groups in total. The van der Waals surface area contributed by atoms with Gasteiger partial charge in [-0.05, 0) is 42.5 Å². The van der Waals surface area contributed by atoms with Crippen LogP contribution in [0.15, 0.2) is 18.2 Å². The molecule has 1 aromatic rings. The van der Waals surface area contributed by atoms with Gasteiger partial charge in [-0.3, -0.25) is 9.69 Å². The number of nitrogens with zero attached hydrogens (tertiary/aromatic N) is 1. The number of likely N-dealkylation sites (tertiary alicyclic amines) is 1. The Balaban J connectivity index is 2.18. The van der Waals surface area contributed by atoms with Crippen LogP contribution < -0.4 is 4.74 Å². The number of benzene rings is 1. The number of aliphatic carboxylic acids is 1. The van der Waals surface area contributed by atoms with E-state index in [0.717, 1.165) is 37.1 Å². The SMILES string of the molecule is COc1ccc(CN2CCCCC2C(=O)O)cc1C(C)C. The lowest BCUT2D eigenvalue weighted by molar-refractivity contribution is -0.144. The number of carbonyl (C=O) groups is 1. The number of carboxylic acid groups (broad SMARTS) is 1. The van der Waals surface area contributed by atoms with Crippen molar-refractivity contribution in [2.24, 2.45) is 0 Å². The third-order valence-corrected chi connectivity index (χ3v) is 4.20. The minimum Gasteiger partial charge on any atom is -0.496 e. The fourth-order valence-electron chi connectivity index (χ4n) is 3.03. The predicted molar refractivity (Wildman–Crippen MR) is 82.8 cm³/mol. The molecule has 1 heterocycles. The van der Waals surface area contributed by atoms with Crippen molar-refractivity contribution in [3.8, 4) is 5.75 Å². The van der Waals surface area contributed by atoms with Crippen LogP contribution in [0.3, 0.4) is 0 Å². The van der Waals surface area contributed by atoms with Gasteiger partial charge in [0.15, 0.2) is 0 Å². The summed E-state index contributed by atoms with van der Waals surface area (Å²) in [6, 6.07) is 5.84. The Bertz CT molecular complexity index is 499. The van der Waals surface area contributed by atoms with E-state index in [1.165, 1.54) is 5.56 Å². The molecule has 1 aromatic carbocycles. The molecule has 1 fully saturated rings. The lowest BCUT2D eigenvalue weighted by Crippen LogP contribution is -2.44. The molecule has 0 bridgehead atoms. The Morgan fingerprint density at radius 2 is 2.19 bits per heavy atom. The summed E-state index contributed by atoms with van der Waals surface area (Å²) in [4.78, 5) is 13.5. The quantitative estimate of drug-likeness (QED) is 0.904. The highest BCUT2D eigenvalue weighted by Crippen LogP contribution is 2.28. The summed E-state index contributed by atoms with van der Waals surface area (Å²) in [5.41, 5.74) is 2.34. The second kappa shape index (κ2) is 6.94. The number of hydrogen-bond acceptors (Lipinski definition) is 3. The number of hydrogen-bond donors (Lipinski definition) is 1. The zero-order valence-corrected chi connectivity index (χ0v) is 13.1. The molecule has 1 aliphatic rings. The zero-order chi connectivity index (χ0) is 15.4.